The van der Waals surface area contributed by atoms with Crippen LogP contribution in [0.15, 0.2) is 4.42 Å². The van der Waals surface area contributed by atoms with Crippen LogP contribution in [0.2, 0.25) is 0 Å². The van der Waals surface area contributed by atoms with E-state index in [1.54, 1.807) is 0 Å². The molecule has 5 heteroatoms. The van der Waals surface area contributed by atoms with Gasteiger partial charge in [0.1, 0.15) is 0 Å². The molecule has 0 radical (unpaired) electrons. The molecule has 2 N–H and O–H groups in total. The number of rotatable bonds is 3. The zero-order valence-electron chi connectivity index (χ0n) is 8.48. The molecule has 1 unspecified atom stereocenters. The second kappa shape index (κ2) is 3.74. The van der Waals surface area contributed by atoms with E-state index in [1.165, 1.54) is 0 Å². The standard InChI is InChI=1S/C8H16N4O/c1-5(2)12(4)8-11-10-7(13-8)6(3)9/h5-6H,9H2,1-4H3. The van der Waals surface area contributed by atoms with Gasteiger partial charge in [-0.2, -0.15) is 0 Å². The molecule has 13 heavy (non-hydrogen) atoms. The summed E-state index contributed by atoms with van der Waals surface area (Å²) in [6.07, 6.45) is 0. The van der Waals surface area contributed by atoms with Crippen LogP contribution in [0.25, 0.3) is 0 Å². The molecule has 0 aliphatic carbocycles. The Morgan fingerprint density at radius 3 is 2.31 bits per heavy atom. The maximum atomic E-state index is 5.59. The molecular weight excluding hydrogens is 168 g/mol. The van der Waals surface area contributed by atoms with Gasteiger partial charge < -0.3 is 15.1 Å². The summed E-state index contributed by atoms with van der Waals surface area (Å²) in [6, 6.07) is 0.644. The van der Waals surface area contributed by atoms with E-state index >= 15 is 0 Å². The van der Waals surface area contributed by atoms with E-state index in [0.29, 0.717) is 17.9 Å². The van der Waals surface area contributed by atoms with Gasteiger partial charge in [-0.1, -0.05) is 5.10 Å². The first-order valence-electron chi connectivity index (χ1n) is 4.34. The van der Waals surface area contributed by atoms with Crippen molar-refractivity contribution >= 4 is 6.01 Å². The average molecular weight is 184 g/mol. The first kappa shape index (κ1) is 9.98. The molecule has 1 heterocycles. The van der Waals surface area contributed by atoms with Crippen LogP contribution in [-0.2, 0) is 0 Å². The largest absolute Gasteiger partial charge is 0.406 e. The lowest BCUT2D eigenvalue weighted by molar-refractivity contribution is 0.455. The fourth-order valence-electron chi connectivity index (χ4n) is 0.774. The highest BCUT2D eigenvalue weighted by molar-refractivity contribution is 5.23. The van der Waals surface area contributed by atoms with Crippen LogP contribution in [0, 0.1) is 0 Å². The van der Waals surface area contributed by atoms with Gasteiger partial charge in [0.05, 0.1) is 6.04 Å². The molecule has 1 atom stereocenters. The van der Waals surface area contributed by atoms with Gasteiger partial charge in [-0.05, 0) is 20.8 Å². The number of hydrogen-bond donors (Lipinski definition) is 1. The Labute approximate surface area is 77.9 Å². The molecular formula is C8H16N4O. The van der Waals surface area contributed by atoms with Gasteiger partial charge in [0, 0.05) is 13.1 Å². The molecule has 74 valence electrons. The van der Waals surface area contributed by atoms with Crippen molar-refractivity contribution in [3.8, 4) is 0 Å². The molecule has 0 fully saturated rings. The summed E-state index contributed by atoms with van der Waals surface area (Å²) in [5, 5.41) is 7.72. The third-order valence-corrected chi connectivity index (χ3v) is 1.90. The normalized spacial score (nSPS) is 13.4. The lowest BCUT2D eigenvalue weighted by Crippen LogP contribution is -2.25. The van der Waals surface area contributed by atoms with Crippen molar-refractivity contribution in [1.29, 1.82) is 0 Å². The van der Waals surface area contributed by atoms with Crippen LogP contribution < -0.4 is 10.6 Å². The van der Waals surface area contributed by atoms with Gasteiger partial charge in [0.15, 0.2) is 0 Å². The molecule has 1 aromatic rings. The maximum absolute atomic E-state index is 5.59. The molecule has 0 aromatic carbocycles. The molecule has 0 saturated heterocycles. The summed E-state index contributed by atoms with van der Waals surface area (Å²) in [5.74, 6) is 0.475. The Hall–Kier alpha value is -1.10. The van der Waals surface area contributed by atoms with E-state index in [0.717, 1.165) is 0 Å². The molecule has 0 amide bonds. The highest BCUT2D eigenvalue weighted by Gasteiger charge is 2.14. The van der Waals surface area contributed by atoms with E-state index in [1.807, 2.05) is 18.9 Å². The third-order valence-electron chi connectivity index (χ3n) is 1.90. The first-order valence-corrected chi connectivity index (χ1v) is 4.34. The Morgan fingerprint density at radius 1 is 1.31 bits per heavy atom. The SMILES string of the molecule is CC(N)c1nnc(N(C)C(C)C)o1. The van der Waals surface area contributed by atoms with E-state index in [2.05, 4.69) is 24.0 Å². The molecule has 0 aliphatic heterocycles. The minimum Gasteiger partial charge on any atom is -0.406 e. The number of hydrogen-bond acceptors (Lipinski definition) is 5. The Morgan fingerprint density at radius 2 is 1.92 bits per heavy atom. The van der Waals surface area contributed by atoms with Crippen LogP contribution in [0.1, 0.15) is 32.7 Å². The van der Waals surface area contributed by atoms with Gasteiger partial charge >= 0.3 is 6.01 Å². The maximum Gasteiger partial charge on any atom is 0.318 e. The summed E-state index contributed by atoms with van der Waals surface area (Å²) in [5.41, 5.74) is 5.59. The average Bonchev–Trinajstić information content (AvgIpc) is 2.50. The third kappa shape index (κ3) is 2.18. The highest BCUT2D eigenvalue weighted by atomic mass is 16.4. The second-order valence-corrected chi connectivity index (χ2v) is 3.42. The second-order valence-electron chi connectivity index (χ2n) is 3.42. The van der Waals surface area contributed by atoms with Gasteiger partial charge in [-0.25, -0.2) is 0 Å². The van der Waals surface area contributed by atoms with Crippen molar-refractivity contribution < 1.29 is 4.42 Å². The number of nitrogens with two attached hydrogens (primary N) is 1. The van der Waals surface area contributed by atoms with E-state index in [4.69, 9.17) is 10.2 Å². The van der Waals surface area contributed by atoms with Gasteiger partial charge in [-0.15, -0.1) is 5.10 Å². The van der Waals surface area contributed by atoms with Crippen LogP contribution in [0.4, 0.5) is 6.01 Å². The lowest BCUT2D eigenvalue weighted by atomic mass is 10.4. The lowest BCUT2D eigenvalue weighted by Gasteiger charge is -2.17. The molecule has 1 rings (SSSR count). The van der Waals surface area contributed by atoms with E-state index < -0.39 is 0 Å². The van der Waals surface area contributed by atoms with Gasteiger partial charge in [0.2, 0.25) is 5.89 Å². The van der Waals surface area contributed by atoms with Gasteiger partial charge in [-0.3, -0.25) is 0 Å². The summed E-state index contributed by atoms with van der Waals surface area (Å²) < 4.78 is 5.35. The first-order chi connectivity index (χ1) is 6.02. The fourth-order valence-corrected chi connectivity index (χ4v) is 0.774. The number of aromatic nitrogens is 2. The molecule has 0 aliphatic rings. The Kier molecular flexibility index (Phi) is 2.87. The zero-order valence-corrected chi connectivity index (χ0v) is 8.48. The van der Waals surface area contributed by atoms with Crippen molar-refractivity contribution in [1.82, 2.24) is 10.2 Å². The number of nitrogens with zero attached hydrogens (tertiary/aromatic N) is 3. The van der Waals surface area contributed by atoms with Crippen molar-refractivity contribution in [3.05, 3.63) is 5.89 Å². The fraction of sp³-hybridized carbons (Fsp3) is 0.750. The van der Waals surface area contributed by atoms with Crippen molar-refractivity contribution in [2.24, 2.45) is 5.73 Å². The smallest absolute Gasteiger partial charge is 0.318 e. The Balaban J connectivity index is 2.79. The quantitative estimate of drug-likeness (QED) is 0.757. The Bertz CT molecular complexity index is 269. The minimum atomic E-state index is -0.207. The van der Waals surface area contributed by atoms with Crippen LogP contribution in [-0.4, -0.2) is 23.3 Å². The van der Waals surface area contributed by atoms with E-state index in [-0.39, 0.29) is 6.04 Å². The van der Waals surface area contributed by atoms with E-state index in [9.17, 15) is 0 Å². The molecule has 0 saturated carbocycles. The highest BCUT2D eigenvalue weighted by Crippen LogP contribution is 2.15. The van der Waals surface area contributed by atoms with Gasteiger partial charge in [0.25, 0.3) is 0 Å². The number of anilines is 1. The molecule has 0 spiro atoms. The summed E-state index contributed by atoms with van der Waals surface area (Å²) in [6.45, 7) is 5.91. The predicted molar refractivity (Wildman–Crippen MR) is 50.4 cm³/mol. The van der Waals surface area contributed by atoms with Crippen LogP contribution in [0.3, 0.4) is 0 Å². The van der Waals surface area contributed by atoms with Crippen LogP contribution in [0.5, 0.6) is 0 Å². The predicted octanol–water partition coefficient (Wildman–Crippen LogP) is 0.934. The monoisotopic (exact) mass is 184 g/mol. The topological polar surface area (TPSA) is 68.2 Å². The van der Waals surface area contributed by atoms with Crippen molar-refractivity contribution in [3.63, 3.8) is 0 Å². The summed E-state index contributed by atoms with van der Waals surface area (Å²) in [7, 11) is 1.91. The zero-order chi connectivity index (χ0) is 10.0. The summed E-state index contributed by atoms with van der Waals surface area (Å²) in [4.78, 5) is 1.90. The summed E-state index contributed by atoms with van der Waals surface area (Å²) >= 11 is 0. The minimum absolute atomic E-state index is 0.207. The van der Waals surface area contributed by atoms with Crippen LogP contribution >= 0.6 is 0 Å². The van der Waals surface area contributed by atoms with Crippen molar-refractivity contribution in [2.75, 3.05) is 11.9 Å². The molecule has 1 aromatic heterocycles. The van der Waals surface area contributed by atoms with Crippen molar-refractivity contribution in [2.45, 2.75) is 32.9 Å². The molecule has 0 bridgehead atoms. The molecule has 5 nitrogen and oxygen atoms in total.